The van der Waals surface area contributed by atoms with E-state index in [-0.39, 0.29) is 37.5 Å². The van der Waals surface area contributed by atoms with Crippen molar-refractivity contribution in [2.45, 2.75) is 284 Å². The first-order valence-corrected chi connectivity index (χ1v) is 28.4. The van der Waals surface area contributed by atoms with Crippen molar-refractivity contribution in [2.75, 3.05) is 13.2 Å². The zero-order valence-corrected chi connectivity index (χ0v) is 44.2. The van der Waals surface area contributed by atoms with Gasteiger partial charge in [0.05, 0.1) is 0 Å². The van der Waals surface area contributed by atoms with E-state index in [0.717, 1.165) is 77.0 Å². The van der Waals surface area contributed by atoms with Gasteiger partial charge in [0, 0.05) is 19.3 Å². The first kappa shape index (κ1) is 63.8. The highest BCUT2D eigenvalue weighted by Gasteiger charge is 2.19. The van der Waals surface area contributed by atoms with Crippen LogP contribution in [-0.2, 0) is 28.6 Å². The number of allylic oxidation sites excluding steroid dienone is 12. The Bertz CT molecular complexity index is 1260. The van der Waals surface area contributed by atoms with Crippen molar-refractivity contribution >= 4 is 17.9 Å². The highest BCUT2D eigenvalue weighted by atomic mass is 16.6. The maximum Gasteiger partial charge on any atom is 0.306 e. The van der Waals surface area contributed by atoms with Gasteiger partial charge in [-0.05, 0) is 83.5 Å². The Morgan fingerprint density at radius 2 is 0.597 bits per heavy atom. The number of carbonyl (C=O) groups excluding carboxylic acids is 3. The summed E-state index contributed by atoms with van der Waals surface area (Å²) in [5, 5.41) is 0. The van der Waals surface area contributed by atoms with E-state index >= 15 is 0 Å². The van der Waals surface area contributed by atoms with Gasteiger partial charge in [0.15, 0.2) is 6.10 Å². The largest absolute Gasteiger partial charge is 0.462 e. The van der Waals surface area contributed by atoms with Gasteiger partial charge in [-0.25, -0.2) is 0 Å². The van der Waals surface area contributed by atoms with Crippen LogP contribution in [0.1, 0.15) is 278 Å². The number of carbonyl (C=O) groups is 3. The van der Waals surface area contributed by atoms with Crippen LogP contribution in [0.25, 0.3) is 0 Å². The Hall–Kier alpha value is -3.15. The molecular formula is C61H106O6. The van der Waals surface area contributed by atoms with E-state index in [1.807, 2.05) is 0 Å². The van der Waals surface area contributed by atoms with Gasteiger partial charge in [-0.3, -0.25) is 14.4 Å². The Labute approximate surface area is 414 Å². The first-order valence-electron chi connectivity index (χ1n) is 28.4. The van der Waals surface area contributed by atoms with E-state index in [1.54, 1.807) is 0 Å². The molecule has 0 aliphatic heterocycles. The maximum absolute atomic E-state index is 12.8. The van der Waals surface area contributed by atoms with Crippen molar-refractivity contribution in [3.63, 3.8) is 0 Å². The molecule has 0 heterocycles. The average Bonchev–Trinajstić information content (AvgIpc) is 3.33. The van der Waals surface area contributed by atoms with E-state index in [4.69, 9.17) is 14.2 Å². The Balaban J connectivity index is 4.46. The molecule has 67 heavy (non-hydrogen) atoms. The summed E-state index contributed by atoms with van der Waals surface area (Å²) in [6.07, 6.45) is 70.4. The van der Waals surface area contributed by atoms with Gasteiger partial charge in [0.1, 0.15) is 13.2 Å². The Morgan fingerprint density at radius 1 is 0.313 bits per heavy atom. The molecule has 0 saturated heterocycles. The lowest BCUT2D eigenvalue weighted by Crippen LogP contribution is -2.30. The van der Waals surface area contributed by atoms with Crippen LogP contribution in [0.5, 0.6) is 0 Å². The normalized spacial score (nSPS) is 12.6. The fourth-order valence-corrected chi connectivity index (χ4v) is 7.94. The third-order valence-corrected chi connectivity index (χ3v) is 12.2. The number of unbranched alkanes of at least 4 members (excludes halogenated alkanes) is 28. The Kier molecular flexibility index (Phi) is 52.8. The molecule has 0 amide bonds. The van der Waals surface area contributed by atoms with Crippen molar-refractivity contribution in [1.82, 2.24) is 0 Å². The van der Waals surface area contributed by atoms with Gasteiger partial charge in [0.25, 0.3) is 0 Å². The second kappa shape index (κ2) is 55.4. The molecule has 0 aromatic heterocycles. The minimum Gasteiger partial charge on any atom is -0.462 e. The number of hydrogen-bond acceptors (Lipinski definition) is 6. The number of ether oxygens (including phenoxy) is 3. The van der Waals surface area contributed by atoms with Crippen molar-refractivity contribution in [3.05, 3.63) is 72.9 Å². The van der Waals surface area contributed by atoms with Crippen molar-refractivity contribution in [1.29, 1.82) is 0 Å². The highest BCUT2D eigenvalue weighted by Crippen LogP contribution is 2.16. The fraction of sp³-hybridized carbons (Fsp3) is 0.754. The van der Waals surface area contributed by atoms with Crippen LogP contribution in [0.2, 0.25) is 0 Å². The molecule has 0 aromatic carbocycles. The van der Waals surface area contributed by atoms with E-state index in [2.05, 4.69) is 93.7 Å². The van der Waals surface area contributed by atoms with Crippen LogP contribution in [-0.4, -0.2) is 37.2 Å². The third kappa shape index (κ3) is 53.7. The smallest absolute Gasteiger partial charge is 0.306 e. The summed E-state index contributed by atoms with van der Waals surface area (Å²) in [6, 6.07) is 0. The van der Waals surface area contributed by atoms with Crippen molar-refractivity contribution in [3.8, 4) is 0 Å². The molecule has 0 radical (unpaired) electrons. The topological polar surface area (TPSA) is 78.9 Å². The minimum atomic E-state index is -0.799. The summed E-state index contributed by atoms with van der Waals surface area (Å²) in [5.41, 5.74) is 0. The Morgan fingerprint density at radius 3 is 0.985 bits per heavy atom. The molecule has 0 unspecified atom stereocenters. The van der Waals surface area contributed by atoms with E-state index in [0.29, 0.717) is 19.3 Å². The molecule has 0 aliphatic carbocycles. The summed E-state index contributed by atoms with van der Waals surface area (Å²) >= 11 is 0. The number of hydrogen-bond donors (Lipinski definition) is 0. The van der Waals surface area contributed by atoms with Crippen LogP contribution in [0, 0.1) is 0 Å². The summed E-state index contributed by atoms with van der Waals surface area (Å²) in [6.45, 7) is 6.49. The number of esters is 3. The van der Waals surface area contributed by atoms with Gasteiger partial charge in [-0.1, -0.05) is 248 Å². The van der Waals surface area contributed by atoms with Gasteiger partial charge >= 0.3 is 17.9 Å². The van der Waals surface area contributed by atoms with E-state index in [1.165, 1.54) is 154 Å². The van der Waals surface area contributed by atoms with Gasteiger partial charge in [-0.2, -0.15) is 0 Å². The molecule has 1 atom stereocenters. The lowest BCUT2D eigenvalue weighted by molar-refractivity contribution is -0.167. The second-order valence-electron chi connectivity index (χ2n) is 18.8. The lowest BCUT2D eigenvalue weighted by Gasteiger charge is -2.18. The predicted octanol–water partition coefficient (Wildman–Crippen LogP) is 19.0. The molecule has 0 spiro atoms. The molecule has 0 bridgehead atoms. The zero-order valence-electron chi connectivity index (χ0n) is 44.2. The highest BCUT2D eigenvalue weighted by molar-refractivity contribution is 5.71. The molecule has 0 saturated carbocycles. The van der Waals surface area contributed by atoms with Crippen molar-refractivity contribution in [2.24, 2.45) is 0 Å². The second-order valence-corrected chi connectivity index (χ2v) is 18.8. The van der Waals surface area contributed by atoms with E-state index in [9.17, 15) is 14.4 Å². The molecular weight excluding hydrogens is 829 g/mol. The molecule has 0 N–H and O–H groups in total. The monoisotopic (exact) mass is 935 g/mol. The summed E-state index contributed by atoms with van der Waals surface area (Å²) in [4.78, 5) is 38.1. The minimum absolute atomic E-state index is 0.0924. The molecule has 6 heteroatoms. The van der Waals surface area contributed by atoms with E-state index < -0.39 is 6.10 Å². The summed E-state index contributed by atoms with van der Waals surface area (Å²) < 4.78 is 16.8. The molecule has 6 nitrogen and oxygen atoms in total. The molecule has 0 aromatic rings. The predicted molar refractivity (Wildman–Crippen MR) is 288 cm³/mol. The number of rotatable bonds is 51. The summed E-state index contributed by atoms with van der Waals surface area (Å²) in [5.74, 6) is -0.948. The van der Waals surface area contributed by atoms with Gasteiger partial charge < -0.3 is 14.2 Å². The average molecular weight is 936 g/mol. The zero-order chi connectivity index (χ0) is 48.6. The maximum atomic E-state index is 12.8. The SMILES string of the molecule is CC/C=C\C/C=C\C/C=C\C/C=C\C/C=C\CCCC(=O)OC[C@H](COC(=O)CCCCCCCCCCCCCCCCC)OC(=O)CCCCCCCCC/C=C\CCCCCCCC. The van der Waals surface area contributed by atoms with Crippen LogP contribution in [0.15, 0.2) is 72.9 Å². The lowest BCUT2D eigenvalue weighted by atomic mass is 10.0. The quantitative estimate of drug-likeness (QED) is 0.0262. The summed E-state index contributed by atoms with van der Waals surface area (Å²) in [7, 11) is 0. The van der Waals surface area contributed by atoms with Crippen LogP contribution >= 0.6 is 0 Å². The molecule has 0 rings (SSSR count). The molecule has 386 valence electrons. The standard InChI is InChI=1S/C61H106O6/c1-4-7-10-13-16-19-22-25-28-30-33-36-39-42-45-48-51-54-60(63)66-57-58(56-65-59(62)53-50-47-44-41-38-35-32-27-24-21-18-15-12-9-6-3)67-61(64)55-52-49-46-43-40-37-34-31-29-26-23-20-17-14-11-8-5-2/h7,10,16,19,25-26,28-29,33,36,42,45,58H,4-6,8-9,11-15,17-18,20-24,27,30-32,34-35,37-41,43-44,46-57H2,1-3H3/b10-7-,19-16-,28-25-,29-26-,36-33-,45-42-/t58-/m0/s1. The third-order valence-electron chi connectivity index (χ3n) is 12.2. The van der Waals surface area contributed by atoms with Gasteiger partial charge in [0.2, 0.25) is 0 Å². The molecule has 0 aliphatic rings. The van der Waals surface area contributed by atoms with Gasteiger partial charge in [-0.15, -0.1) is 0 Å². The van der Waals surface area contributed by atoms with Crippen molar-refractivity contribution < 1.29 is 28.6 Å². The van der Waals surface area contributed by atoms with Crippen LogP contribution in [0.3, 0.4) is 0 Å². The molecule has 0 fully saturated rings. The first-order chi connectivity index (χ1) is 33.0. The van der Waals surface area contributed by atoms with Crippen LogP contribution in [0.4, 0.5) is 0 Å². The fourth-order valence-electron chi connectivity index (χ4n) is 7.94. The van der Waals surface area contributed by atoms with Crippen LogP contribution < -0.4 is 0 Å².